The van der Waals surface area contributed by atoms with Crippen LogP contribution in [0.15, 0.2) is 82.8 Å². The second kappa shape index (κ2) is 6.81. The molecule has 0 spiro atoms. The van der Waals surface area contributed by atoms with Gasteiger partial charge in [0, 0.05) is 0 Å². The highest BCUT2D eigenvalue weighted by Gasteiger charge is 2.21. The largest absolute Gasteiger partial charge is 0.345 e. The lowest BCUT2D eigenvalue weighted by Gasteiger charge is -2.06. The molecule has 0 radical (unpaired) electrons. The van der Waals surface area contributed by atoms with Crippen LogP contribution in [0.4, 0.5) is 4.39 Å². The van der Waals surface area contributed by atoms with Gasteiger partial charge >= 0.3 is 0 Å². The average molecular weight is 378 g/mol. The molecule has 0 bridgehead atoms. The van der Waals surface area contributed by atoms with Gasteiger partial charge in [0.2, 0.25) is 9.84 Å². The van der Waals surface area contributed by atoms with E-state index in [0.717, 1.165) is 11.1 Å². The first-order valence-corrected chi connectivity index (χ1v) is 9.73. The summed E-state index contributed by atoms with van der Waals surface area (Å²) in [6.07, 6.45) is 5.17. The zero-order chi connectivity index (χ0) is 18.9. The molecule has 0 unspecified atom stereocenters. The molecule has 0 fully saturated rings. The Labute approximate surface area is 155 Å². The summed E-state index contributed by atoms with van der Waals surface area (Å²) in [5.41, 5.74) is 2.81. The third-order valence-corrected chi connectivity index (χ3v) is 6.03. The van der Waals surface area contributed by atoms with Gasteiger partial charge in [-0.2, -0.15) is 0 Å². The minimum atomic E-state index is -3.67. The number of rotatable bonds is 4. The summed E-state index contributed by atoms with van der Waals surface area (Å²) in [5, 5.41) is 0. The van der Waals surface area contributed by atoms with Crippen LogP contribution in [0, 0.1) is 5.82 Å². The Bertz CT molecular complexity index is 1230. The molecule has 0 saturated heterocycles. The lowest BCUT2D eigenvalue weighted by atomic mass is 10.1. The van der Waals surface area contributed by atoms with E-state index in [2.05, 4.69) is 9.97 Å². The molecule has 1 aromatic heterocycles. The van der Waals surface area contributed by atoms with Gasteiger partial charge in [-0.3, -0.25) is 0 Å². The molecule has 4 aromatic rings. The highest BCUT2D eigenvalue weighted by atomic mass is 32.2. The Morgan fingerprint density at radius 3 is 2.15 bits per heavy atom. The quantitative estimate of drug-likeness (QED) is 0.523. The smallest absolute Gasteiger partial charge is 0.208 e. The Kier molecular flexibility index (Phi) is 4.33. The van der Waals surface area contributed by atoms with Crippen molar-refractivity contribution in [3.63, 3.8) is 0 Å². The molecule has 0 amide bonds. The van der Waals surface area contributed by atoms with Crippen LogP contribution in [0.25, 0.3) is 23.2 Å². The number of H-pyrrole nitrogens is 1. The summed E-state index contributed by atoms with van der Waals surface area (Å²) >= 11 is 0. The first-order chi connectivity index (χ1) is 13.0. The number of aromatic nitrogens is 2. The zero-order valence-electron chi connectivity index (χ0n) is 14.1. The summed E-state index contributed by atoms with van der Waals surface area (Å²) < 4.78 is 38.9. The Morgan fingerprint density at radius 1 is 0.852 bits per heavy atom. The van der Waals surface area contributed by atoms with Crippen LogP contribution < -0.4 is 0 Å². The van der Waals surface area contributed by atoms with E-state index in [4.69, 9.17) is 0 Å². The SMILES string of the molecule is O=S(=O)(c1ccc(C=Cc2ccc(F)cc2)cc1)c1cccc2[nH]cnc12. The van der Waals surface area contributed by atoms with Gasteiger partial charge in [-0.25, -0.2) is 17.8 Å². The van der Waals surface area contributed by atoms with E-state index in [1.807, 2.05) is 12.2 Å². The average Bonchev–Trinajstić information content (AvgIpc) is 3.16. The summed E-state index contributed by atoms with van der Waals surface area (Å²) in [5.74, 6) is -0.284. The molecule has 4 rings (SSSR count). The maximum absolute atomic E-state index is 13.0. The molecule has 6 heteroatoms. The molecule has 27 heavy (non-hydrogen) atoms. The zero-order valence-corrected chi connectivity index (χ0v) is 14.9. The molecule has 0 atom stereocenters. The fourth-order valence-electron chi connectivity index (χ4n) is 2.81. The normalized spacial score (nSPS) is 12.0. The molecule has 1 heterocycles. The van der Waals surface area contributed by atoms with Crippen LogP contribution in [0.5, 0.6) is 0 Å². The summed E-state index contributed by atoms with van der Waals surface area (Å²) in [6, 6.07) is 17.8. The second-order valence-corrected chi connectivity index (χ2v) is 7.93. The fourth-order valence-corrected chi connectivity index (χ4v) is 4.23. The Balaban J connectivity index is 1.63. The minimum Gasteiger partial charge on any atom is -0.345 e. The third-order valence-electron chi connectivity index (χ3n) is 4.23. The molecular formula is C21H15FN2O2S. The van der Waals surface area contributed by atoms with Crippen molar-refractivity contribution in [3.8, 4) is 0 Å². The van der Waals surface area contributed by atoms with Crippen LogP contribution in [-0.4, -0.2) is 18.4 Å². The van der Waals surface area contributed by atoms with Gasteiger partial charge in [0.05, 0.1) is 21.6 Å². The van der Waals surface area contributed by atoms with Gasteiger partial charge in [0.25, 0.3) is 0 Å². The van der Waals surface area contributed by atoms with Gasteiger partial charge in [-0.15, -0.1) is 0 Å². The number of halogens is 1. The number of aromatic amines is 1. The second-order valence-electron chi connectivity index (χ2n) is 6.01. The van der Waals surface area contributed by atoms with E-state index < -0.39 is 9.84 Å². The molecule has 0 aliphatic rings. The van der Waals surface area contributed by atoms with Gasteiger partial charge in [-0.1, -0.05) is 42.5 Å². The van der Waals surface area contributed by atoms with E-state index in [0.29, 0.717) is 11.0 Å². The lowest BCUT2D eigenvalue weighted by molar-refractivity contribution is 0.597. The first kappa shape index (κ1) is 17.2. The van der Waals surface area contributed by atoms with E-state index in [1.165, 1.54) is 18.5 Å². The number of hydrogen-bond acceptors (Lipinski definition) is 3. The molecule has 1 N–H and O–H groups in total. The number of hydrogen-bond donors (Lipinski definition) is 1. The molecule has 0 saturated carbocycles. The number of fused-ring (bicyclic) bond motifs is 1. The minimum absolute atomic E-state index is 0.177. The molecule has 0 aliphatic carbocycles. The highest BCUT2D eigenvalue weighted by molar-refractivity contribution is 7.91. The number of nitrogens with zero attached hydrogens (tertiary/aromatic N) is 1. The molecule has 3 aromatic carbocycles. The van der Waals surface area contributed by atoms with Crippen molar-refractivity contribution in [1.29, 1.82) is 0 Å². The van der Waals surface area contributed by atoms with E-state index in [1.54, 1.807) is 54.6 Å². The molecule has 134 valence electrons. The summed E-state index contributed by atoms with van der Waals surface area (Å²) in [6.45, 7) is 0. The maximum Gasteiger partial charge on any atom is 0.208 e. The van der Waals surface area contributed by atoms with Crippen LogP contribution in [-0.2, 0) is 9.84 Å². The Hall–Kier alpha value is -3.25. The maximum atomic E-state index is 13.0. The van der Waals surface area contributed by atoms with E-state index >= 15 is 0 Å². The summed E-state index contributed by atoms with van der Waals surface area (Å²) in [4.78, 5) is 7.43. The highest BCUT2D eigenvalue weighted by Crippen LogP contribution is 2.26. The van der Waals surface area contributed by atoms with Crippen LogP contribution in [0.1, 0.15) is 11.1 Å². The van der Waals surface area contributed by atoms with Crippen molar-refractivity contribution >= 4 is 33.0 Å². The van der Waals surface area contributed by atoms with Gasteiger partial charge < -0.3 is 4.98 Å². The van der Waals surface area contributed by atoms with Crippen LogP contribution >= 0.6 is 0 Å². The van der Waals surface area contributed by atoms with Crippen LogP contribution in [0.3, 0.4) is 0 Å². The number of sulfone groups is 1. The number of benzene rings is 3. The third kappa shape index (κ3) is 3.39. The summed E-state index contributed by atoms with van der Waals surface area (Å²) in [7, 11) is -3.67. The fraction of sp³-hybridized carbons (Fsp3) is 0. The lowest BCUT2D eigenvalue weighted by Crippen LogP contribution is -2.02. The monoisotopic (exact) mass is 378 g/mol. The molecular weight excluding hydrogens is 363 g/mol. The molecule has 4 nitrogen and oxygen atoms in total. The van der Waals surface area contributed by atoms with E-state index in [9.17, 15) is 12.8 Å². The van der Waals surface area contributed by atoms with Gasteiger partial charge in [-0.05, 0) is 47.5 Å². The van der Waals surface area contributed by atoms with E-state index in [-0.39, 0.29) is 15.6 Å². The van der Waals surface area contributed by atoms with Crippen molar-refractivity contribution in [3.05, 3.63) is 90.0 Å². The number of nitrogens with one attached hydrogen (secondary N) is 1. The van der Waals surface area contributed by atoms with Gasteiger partial charge in [0.15, 0.2) is 0 Å². The topological polar surface area (TPSA) is 62.8 Å². The van der Waals surface area contributed by atoms with Crippen molar-refractivity contribution in [2.75, 3.05) is 0 Å². The van der Waals surface area contributed by atoms with Crippen molar-refractivity contribution in [1.82, 2.24) is 9.97 Å². The first-order valence-electron chi connectivity index (χ1n) is 8.25. The molecule has 0 aliphatic heterocycles. The van der Waals surface area contributed by atoms with Crippen molar-refractivity contribution in [2.24, 2.45) is 0 Å². The number of imidazole rings is 1. The standard InChI is InChI=1S/C21H15FN2O2S/c22-17-10-6-15(7-11-17)4-5-16-8-12-18(13-9-16)27(25,26)20-3-1-2-19-21(20)24-14-23-19/h1-14H,(H,23,24). The number of para-hydroxylation sites is 1. The van der Waals surface area contributed by atoms with Crippen molar-refractivity contribution < 1.29 is 12.8 Å². The predicted octanol–water partition coefficient (Wildman–Crippen LogP) is 4.71. The van der Waals surface area contributed by atoms with Gasteiger partial charge in [0.1, 0.15) is 11.3 Å². The predicted molar refractivity (Wildman–Crippen MR) is 103 cm³/mol. The van der Waals surface area contributed by atoms with Crippen molar-refractivity contribution in [2.45, 2.75) is 9.79 Å². The van der Waals surface area contributed by atoms with Crippen LogP contribution in [0.2, 0.25) is 0 Å². The Morgan fingerprint density at radius 2 is 1.48 bits per heavy atom.